The van der Waals surface area contributed by atoms with E-state index in [0.717, 1.165) is 62.2 Å². The molecular formula is C17H27BCl2N2O4. The first-order valence-corrected chi connectivity index (χ1v) is 9.42. The Kier molecular flexibility index (Phi) is 15.7. The lowest BCUT2D eigenvalue weighted by Gasteiger charge is -2.12. The average molecular weight is 405 g/mol. The lowest BCUT2D eigenvalue weighted by atomic mass is 9.83. The molecule has 6 nitrogen and oxygen atoms in total. The summed E-state index contributed by atoms with van der Waals surface area (Å²) in [7, 11) is -1.19. The van der Waals surface area contributed by atoms with Gasteiger partial charge in [0.1, 0.15) is 0 Å². The van der Waals surface area contributed by atoms with Crippen LogP contribution in [0, 0.1) is 0 Å². The van der Waals surface area contributed by atoms with Crippen molar-refractivity contribution in [3.8, 4) is 0 Å². The maximum absolute atomic E-state index is 8.75. The predicted octanol–water partition coefficient (Wildman–Crippen LogP) is 2.29. The van der Waals surface area contributed by atoms with Crippen LogP contribution in [0.1, 0.15) is 37.7 Å². The quantitative estimate of drug-likeness (QED) is 0.314. The lowest BCUT2D eigenvalue weighted by molar-refractivity contribution is -0.191. The van der Waals surface area contributed by atoms with E-state index in [2.05, 4.69) is 5.32 Å². The third-order valence-electron chi connectivity index (χ3n) is 3.79. The molecule has 0 aliphatic carbocycles. The van der Waals surface area contributed by atoms with Crippen LogP contribution in [0.25, 0.3) is 0 Å². The van der Waals surface area contributed by atoms with Gasteiger partial charge in [0, 0.05) is 16.1 Å². The largest absolute Gasteiger partial charge is 0.451 e. The first-order valence-electron chi connectivity index (χ1n) is 8.66. The molecule has 0 aromatic heterocycles. The third kappa shape index (κ3) is 14.3. The van der Waals surface area contributed by atoms with Crippen molar-refractivity contribution in [2.75, 3.05) is 13.1 Å². The number of carbonyl (C=O) groups excluding carboxylic acids is 2. The summed E-state index contributed by atoms with van der Waals surface area (Å²) in [6.45, 7) is 1.83. The van der Waals surface area contributed by atoms with Crippen LogP contribution in [0.5, 0.6) is 0 Å². The van der Waals surface area contributed by atoms with Crippen molar-refractivity contribution in [3.05, 3.63) is 33.8 Å². The van der Waals surface area contributed by atoms with Crippen molar-refractivity contribution in [1.82, 2.24) is 5.32 Å². The van der Waals surface area contributed by atoms with Crippen molar-refractivity contribution in [1.29, 1.82) is 0 Å². The Balaban J connectivity index is 0.00000194. The van der Waals surface area contributed by atoms with E-state index in [1.807, 2.05) is 12.1 Å². The monoisotopic (exact) mass is 404 g/mol. The fourth-order valence-electron chi connectivity index (χ4n) is 2.42. The van der Waals surface area contributed by atoms with E-state index in [4.69, 9.17) is 48.6 Å². The Labute approximate surface area is 165 Å². The van der Waals surface area contributed by atoms with Crippen LogP contribution >= 0.6 is 23.2 Å². The highest BCUT2D eigenvalue weighted by molar-refractivity contribution is 6.40. The van der Waals surface area contributed by atoms with Gasteiger partial charge in [0.2, 0.25) is 0 Å². The Hall–Kier alpha value is -0.915. The summed E-state index contributed by atoms with van der Waals surface area (Å²) in [5, 5.41) is 22.3. The molecule has 0 radical (unpaired) electrons. The first-order chi connectivity index (χ1) is 12.4. The van der Waals surface area contributed by atoms with Crippen LogP contribution in [0.4, 0.5) is 0 Å². The van der Waals surface area contributed by atoms with Gasteiger partial charge in [0.15, 0.2) is 0 Å². The molecule has 146 valence electrons. The molecule has 0 aliphatic heterocycles. The molecule has 26 heavy (non-hydrogen) atoms. The number of benzene rings is 1. The fourth-order valence-corrected chi connectivity index (χ4v) is 2.92. The molecule has 0 saturated heterocycles. The van der Waals surface area contributed by atoms with Gasteiger partial charge in [0.25, 0.3) is 0 Å². The molecule has 1 aromatic rings. The highest BCUT2D eigenvalue weighted by Gasteiger charge is 2.07. The standard InChI is InChI=1S/C16H27BCl2N2O2.CO2/c18-14-7-6-13(16(19)12-14)4-3-10-21-11-8-15(20)5-1-2-9-17(22)23;2-1-3/h6-7,12,15,21-23H,1-5,8-11,20H2;. The molecular weight excluding hydrogens is 378 g/mol. The molecule has 1 atom stereocenters. The van der Waals surface area contributed by atoms with Gasteiger partial charge in [-0.15, -0.1) is 0 Å². The third-order valence-corrected chi connectivity index (χ3v) is 4.38. The van der Waals surface area contributed by atoms with Crippen molar-refractivity contribution < 1.29 is 19.6 Å². The van der Waals surface area contributed by atoms with E-state index in [1.54, 1.807) is 6.07 Å². The number of halogens is 2. The minimum atomic E-state index is -1.19. The minimum Gasteiger partial charge on any atom is -0.427 e. The Morgan fingerprint density at radius 2 is 1.81 bits per heavy atom. The molecule has 0 aliphatic rings. The maximum Gasteiger partial charge on any atom is 0.451 e. The van der Waals surface area contributed by atoms with Crippen LogP contribution < -0.4 is 11.1 Å². The summed E-state index contributed by atoms with van der Waals surface area (Å²) < 4.78 is 0. The molecule has 0 saturated carbocycles. The van der Waals surface area contributed by atoms with E-state index in [0.29, 0.717) is 11.3 Å². The normalized spacial score (nSPS) is 11.3. The molecule has 0 bridgehead atoms. The Bertz CT molecular complexity index is 529. The van der Waals surface area contributed by atoms with Gasteiger partial charge in [-0.2, -0.15) is 9.59 Å². The Morgan fingerprint density at radius 3 is 2.42 bits per heavy atom. The first kappa shape index (κ1) is 25.1. The molecule has 1 unspecified atom stereocenters. The predicted molar refractivity (Wildman–Crippen MR) is 104 cm³/mol. The zero-order chi connectivity index (χ0) is 19.8. The second-order valence-electron chi connectivity index (χ2n) is 5.99. The summed E-state index contributed by atoms with van der Waals surface area (Å²) in [4.78, 5) is 16.2. The zero-order valence-corrected chi connectivity index (χ0v) is 16.3. The summed E-state index contributed by atoms with van der Waals surface area (Å²) in [5.74, 6) is 0. The molecule has 0 amide bonds. The number of aryl methyl sites for hydroxylation is 1. The molecule has 0 heterocycles. The van der Waals surface area contributed by atoms with Crippen LogP contribution in [0.15, 0.2) is 18.2 Å². The highest BCUT2D eigenvalue weighted by Crippen LogP contribution is 2.21. The van der Waals surface area contributed by atoms with Gasteiger partial charge in [-0.05, 0) is 62.8 Å². The highest BCUT2D eigenvalue weighted by atomic mass is 35.5. The number of nitrogens with one attached hydrogen (secondary N) is 1. The lowest BCUT2D eigenvalue weighted by Crippen LogP contribution is -2.27. The van der Waals surface area contributed by atoms with Crippen molar-refractivity contribution in [2.45, 2.75) is 50.9 Å². The fraction of sp³-hybridized carbons (Fsp3) is 0.588. The van der Waals surface area contributed by atoms with Crippen molar-refractivity contribution >= 4 is 36.5 Å². The van der Waals surface area contributed by atoms with Crippen molar-refractivity contribution in [3.63, 3.8) is 0 Å². The molecule has 0 fully saturated rings. The van der Waals surface area contributed by atoms with Crippen LogP contribution in [-0.2, 0) is 16.0 Å². The average Bonchev–Trinajstić information content (AvgIpc) is 2.57. The number of hydrogen-bond acceptors (Lipinski definition) is 6. The van der Waals surface area contributed by atoms with Crippen LogP contribution in [0.3, 0.4) is 0 Å². The van der Waals surface area contributed by atoms with Gasteiger partial charge in [-0.25, -0.2) is 0 Å². The van der Waals surface area contributed by atoms with E-state index in [-0.39, 0.29) is 12.2 Å². The summed E-state index contributed by atoms with van der Waals surface area (Å²) in [6.07, 6.45) is 6.23. The van der Waals surface area contributed by atoms with Gasteiger partial charge in [-0.3, -0.25) is 0 Å². The van der Waals surface area contributed by atoms with E-state index < -0.39 is 7.12 Å². The van der Waals surface area contributed by atoms with Crippen molar-refractivity contribution in [2.24, 2.45) is 5.73 Å². The second kappa shape index (κ2) is 16.3. The topological polar surface area (TPSA) is 113 Å². The summed E-state index contributed by atoms with van der Waals surface area (Å²) in [6, 6.07) is 5.79. The minimum absolute atomic E-state index is 0.170. The number of nitrogens with two attached hydrogens (primary N) is 1. The van der Waals surface area contributed by atoms with Gasteiger partial charge in [0.05, 0.1) is 0 Å². The summed E-state index contributed by atoms with van der Waals surface area (Å²) >= 11 is 12.0. The molecule has 0 spiro atoms. The molecule has 1 aromatic carbocycles. The number of hydrogen-bond donors (Lipinski definition) is 4. The summed E-state index contributed by atoms with van der Waals surface area (Å²) in [5.41, 5.74) is 7.16. The van der Waals surface area contributed by atoms with Gasteiger partial charge >= 0.3 is 13.3 Å². The van der Waals surface area contributed by atoms with Gasteiger partial charge in [-0.1, -0.05) is 42.1 Å². The van der Waals surface area contributed by atoms with Crippen LogP contribution in [0.2, 0.25) is 16.4 Å². The molecule has 1 rings (SSSR count). The molecule has 5 N–H and O–H groups in total. The zero-order valence-electron chi connectivity index (χ0n) is 14.8. The van der Waals surface area contributed by atoms with E-state index >= 15 is 0 Å². The SMILES string of the molecule is NC(CCCCB(O)O)CCNCCCc1ccc(Cl)cc1Cl.O=C=O. The molecule has 9 heteroatoms. The number of unbranched alkanes of at least 4 members (excludes halogenated alkanes) is 1. The van der Waals surface area contributed by atoms with E-state index in [1.165, 1.54) is 0 Å². The van der Waals surface area contributed by atoms with Crippen LogP contribution in [-0.4, -0.2) is 42.4 Å². The second-order valence-corrected chi connectivity index (χ2v) is 6.83. The van der Waals surface area contributed by atoms with Gasteiger partial charge < -0.3 is 21.1 Å². The number of rotatable bonds is 12. The Morgan fingerprint density at radius 1 is 1.12 bits per heavy atom. The van der Waals surface area contributed by atoms with E-state index in [9.17, 15) is 0 Å². The smallest absolute Gasteiger partial charge is 0.427 e. The maximum atomic E-state index is 8.75.